The number of aromatic nitrogens is 2. The maximum atomic E-state index is 14.0. The van der Waals surface area contributed by atoms with Crippen molar-refractivity contribution in [2.45, 2.75) is 44.9 Å². The molecule has 1 aromatic heterocycles. The Kier molecular flexibility index (Phi) is 8.63. The zero-order valence-electron chi connectivity index (χ0n) is 20.0. The van der Waals surface area contributed by atoms with E-state index >= 15 is 0 Å². The minimum atomic E-state index is -4.53. The van der Waals surface area contributed by atoms with Gasteiger partial charge in [-0.2, -0.15) is 18.2 Å². The lowest BCUT2D eigenvalue weighted by atomic mass is 9.99. The van der Waals surface area contributed by atoms with Crippen molar-refractivity contribution >= 4 is 24.1 Å². The van der Waals surface area contributed by atoms with Gasteiger partial charge in [0.05, 0.1) is 12.1 Å². The molecule has 36 heavy (non-hydrogen) atoms. The van der Waals surface area contributed by atoms with Gasteiger partial charge in [0.2, 0.25) is 5.82 Å². The van der Waals surface area contributed by atoms with Crippen molar-refractivity contribution in [2.24, 2.45) is 0 Å². The molecule has 1 atom stereocenters. The van der Waals surface area contributed by atoms with E-state index in [4.69, 9.17) is 9.63 Å². The molecule has 3 aromatic rings. The summed E-state index contributed by atoms with van der Waals surface area (Å²) in [6, 6.07) is 11.4. The van der Waals surface area contributed by atoms with Crippen LogP contribution >= 0.6 is 12.4 Å². The molecule has 1 saturated heterocycles. The molecule has 11 heteroatoms. The quantitative estimate of drug-likeness (QED) is 0.422. The summed E-state index contributed by atoms with van der Waals surface area (Å²) in [6.45, 7) is 2.83. The molecule has 0 radical (unpaired) electrons. The van der Waals surface area contributed by atoms with Crippen molar-refractivity contribution in [3.8, 4) is 22.8 Å². The normalized spacial score (nSPS) is 16.2. The van der Waals surface area contributed by atoms with Crippen LogP contribution in [0, 0.1) is 0 Å². The summed E-state index contributed by atoms with van der Waals surface area (Å²) in [6.07, 6.45) is -1.79. The number of anilines is 1. The number of carboxylic acid groups (broad SMARTS) is 1. The molecule has 0 saturated carbocycles. The first kappa shape index (κ1) is 27.5. The summed E-state index contributed by atoms with van der Waals surface area (Å²) >= 11 is 0. The minimum Gasteiger partial charge on any atom is -0.480 e. The third-order valence-electron chi connectivity index (χ3n) is 6.13. The van der Waals surface area contributed by atoms with E-state index in [0.717, 1.165) is 30.9 Å². The third-order valence-corrected chi connectivity index (χ3v) is 6.13. The number of hydrogen-bond acceptors (Lipinski definition) is 6. The summed E-state index contributed by atoms with van der Waals surface area (Å²) in [5.41, 5.74) is 1.12. The largest absolute Gasteiger partial charge is 0.480 e. The van der Waals surface area contributed by atoms with Gasteiger partial charge in [0, 0.05) is 35.9 Å². The zero-order valence-corrected chi connectivity index (χ0v) is 20.8. The Morgan fingerprint density at radius 2 is 1.97 bits per heavy atom. The van der Waals surface area contributed by atoms with Gasteiger partial charge >= 0.3 is 12.1 Å². The third kappa shape index (κ3) is 6.36. The highest BCUT2D eigenvalue weighted by molar-refractivity contribution is 5.85. The van der Waals surface area contributed by atoms with E-state index < -0.39 is 17.7 Å². The van der Waals surface area contributed by atoms with E-state index in [2.05, 4.69) is 10.1 Å². The van der Waals surface area contributed by atoms with Crippen LogP contribution in [0.3, 0.4) is 0 Å². The number of rotatable bonds is 7. The lowest BCUT2D eigenvalue weighted by Gasteiger charge is -2.37. The van der Waals surface area contributed by atoms with Gasteiger partial charge in [-0.05, 0) is 63.1 Å². The first-order chi connectivity index (χ1) is 16.6. The van der Waals surface area contributed by atoms with Gasteiger partial charge in [0.25, 0.3) is 5.89 Å². The van der Waals surface area contributed by atoms with Crippen molar-refractivity contribution in [3.63, 3.8) is 0 Å². The molecule has 0 bridgehead atoms. The number of halogens is 4. The average molecular weight is 525 g/mol. The number of alkyl halides is 3. The molecular weight excluding hydrogens is 497 g/mol. The number of aliphatic carboxylic acids is 1. The van der Waals surface area contributed by atoms with Gasteiger partial charge in [-0.15, -0.1) is 12.4 Å². The van der Waals surface area contributed by atoms with Gasteiger partial charge in [-0.1, -0.05) is 23.4 Å². The molecule has 194 valence electrons. The Morgan fingerprint density at radius 3 is 2.67 bits per heavy atom. The molecule has 1 aliphatic heterocycles. The van der Waals surface area contributed by atoms with Crippen LogP contribution in [0.2, 0.25) is 0 Å². The second-order valence-corrected chi connectivity index (χ2v) is 8.96. The Morgan fingerprint density at radius 1 is 1.19 bits per heavy atom. The first-order valence-electron chi connectivity index (χ1n) is 11.4. The first-order valence-corrected chi connectivity index (χ1v) is 11.4. The number of piperidine rings is 1. The van der Waals surface area contributed by atoms with E-state index in [-0.39, 0.29) is 48.0 Å². The van der Waals surface area contributed by atoms with Crippen LogP contribution < -0.4 is 4.90 Å². The molecule has 1 N–H and O–H groups in total. The molecule has 0 unspecified atom stereocenters. The number of carboxylic acids is 1. The molecule has 2 heterocycles. The molecule has 0 aliphatic carbocycles. The van der Waals surface area contributed by atoms with Gasteiger partial charge in [0.1, 0.15) is 0 Å². The lowest BCUT2D eigenvalue weighted by molar-refractivity contribution is -0.138. The van der Waals surface area contributed by atoms with Crippen LogP contribution in [-0.2, 0) is 17.5 Å². The van der Waals surface area contributed by atoms with Crippen molar-refractivity contribution in [3.05, 3.63) is 53.6 Å². The number of likely N-dealkylation sites (N-methyl/N-ethyl adjacent to an activating group) is 1. The van der Waals surface area contributed by atoms with Crippen molar-refractivity contribution in [1.82, 2.24) is 15.0 Å². The maximum absolute atomic E-state index is 14.0. The predicted octanol–water partition coefficient (Wildman–Crippen LogP) is 5.74. The molecule has 4 rings (SSSR count). The highest BCUT2D eigenvalue weighted by Gasteiger charge is 2.37. The summed E-state index contributed by atoms with van der Waals surface area (Å²) in [5, 5.41) is 12.9. The second-order valence-electron chi connectivity index (χ2n) is 8.96. The van der Waals surface area contributed by atoms with Crippen molar-refractivity contribution in [1.29, 1.82) is 0 Å². The Hall–Kier alpha value is -3.11. The second kappa shape index (κ2) is 11.3. The summed E-state index contributed by atoms with van der Waals surface area (Å²) in [7, 11) is 1.69. The van der Waals surface area contributed by atoms with E-state index in [1.165, 1.54) is 6.07 Å². The van der Waals surface area contributed by atoms with Crippen LogP contribution in [0.25, 0.3) is 22.8 Å². The Bertz CT molecular complexity index is 1200. The van der Waals surface area contributed by atoms with Gasteiger partial charge < -0.3 is 14.5 Å². The number of carbonyl (C=O) groups is 1. The summed E-state index contributed by atoms with van der Waals surface area (Å²) < 4.78 is 47.3. The average Bonchev–Trinajstić information content (AvgIpc) is 3.28. The molecule has 1 fully saturated rings. The molecular formula is C25H28ClF3N4O3. The molecule has 0 amide bonds. The van der Waals surface area contributed by atoms with Crippen LogP contribution in [-0.4, -0.2) is 52.3 Å². The SMILES string of the molecule is C[C@H]1CCCCN1c1ccc(-c2nc(-c3cccc(CN(C)CC(=O)O)c3)no2)cc1C(F)(F)F.Cl. The number of hydrogen-bond donors (Lipinski definition) is 1. The fraction of sp³-hybridized carbons (Fsp3) is 0.400. The topological polar surface area (TPSA) is 82.7 Å². The van der Waals surface area contributed by atoms with Crippen molar-refractivity contribution < 1.29 is 27.6 Å². The van der Waals surface area contributed by atoms with Gasteiger partial charge in [-0.25, -0.2) is 0 Å². The molecule has 1 aliphatic rings. The Labute approximate surface area is 213 Å². The molecule has 7 nitrogen and oxygen atoms in total. The monoisotopic (exact) mass is 524 g/mol. The minimum absolute atomic E-state index is 0. The summed E-state index contributed by atoms with van der Waals surface area (Å²) in [5.74, 6) is -0.687. The number of nitrogens with zero attached hydrogens (tertiary/aromatic N) is 4. The van der Waals surface area contributed by atoms with Crippen LogP contribution in [0.1, 0.15) is 37.3 Å². The van der Waals surface area contributed by atoms with Crippen molar-refractivity contribution in [2.75, 3.05) is 25.0 Å². The fourth-order valence-electron chi connectivity index (χ4n) is 4.47. The van der Waals surface area contributed by atoms with E-state index in [0.29, 0.717) is 18.7 Å². The molecule has 0 spiro atoms. The highest BCUT2D eigenvalue weighted by atomic mass is 35.5. The van der Waals surface area contributed by atoms with E-state index in [1.807, 2.05) is 17.9 Å². The lowest BCUT2D eigenvalue weighted by Crippen LogP contribution is -2.38. The van der Waals surface area contributed by atoms with Gasteiger partial charge in [0.15, 0.2) is 0 Å². The highest BCUT2D eigenvalue weighted by Crippen LogP contribution is 2.41. The van der Waals surface area contributed by atoms with E-state index in [9.17, 15) is 18.0 Å². The Balaban J connectivity index is 0.00000361. The summed E-state index contributed by atoms with van der Waals surface area (Å²) in [4.78, 5) is 18.7. The smallest absolute Gasteiger partial charge is 0.418 e. The van der Waals surface area contributed by atoms with Gasteiger partial charge in [-0.3, -0.25) is 9.69 Å². The van der Waals surface area contributed by atoms with Crippen LogP contribution in [0.15, 0.2) is 47.0 Å². The van der Waals surface area contributed by atoms with Crippen LogP contribution in [0.5, 0.6) is 0 Å². The zero-order chi connectivity index (χ0) is 25.2. The van der Waals surface area contributed by atoms with Crippen LogP contribution in [0.4, 0.5) is 18.9 Å². The number of benzene rings is 2. The standard InChI is InChI=1S/C25H27F3N4O3.ClH/c1-16-6-3-4-11-32(16)21-10-9-19(13-20(21)25(26,27)28)24-29-23(30-35-24)18-8-5-7-17(12-18)14-31(2)15-22(33)34;/h5,7-10,12-13,16H,3-4,6,11,14-15H2,1-2H3,(H,33,34);1H/t16-;/m0./s1. The fourth-order valence-corrected chi connectivity index (χ4v) is 4.47. The molecule has 2 aromatic carbocycles. The van der Waals surface area contributed by atoms with E-state index in [1.54, 1.807) is 36.2 Å². The maximum Gasteiger partial charge on any atom is 0.418 e. The predicted molar refractivity (Wildman–Crippen MR) is 132 cm³/mol.